The third kappa shape index (κ3) is 15.4. The van der Waals surface area contributed by atoms with E-state index in [-0.39, 0.29) is 0 Å². The fourth-order valence-electron chi connectivity index (χ4n) is 9.99. The molecule has 0 aromatic carbocycles. The van der Waals surface area contributed by atoms with Crippen molar-refractivity contribution in [2.75, 3.05) is 0 Å². The van der Waals surface area contributed by atoms with Crippen LogP contribution in [0.2, 0.25) is 0 Å². The van der Waals surface area contributed by atoms with Gasteiger partial charge in [0.25, 0.3) is 0 Å². The second-order valence-corrected chi connectivity index (χ2v) is 21.9. The van der Waals surface area contributed by atoms with Crippen molar-refractivity contribution in [3.8, 4) is 0 Å². The predicted octanol–water partition coefficient (Wildman–Crippen LogP) is 8.11. The molecule has 0 aliphatic rings. The molecule has 0 spiro atoms. The lowest BCUT2D eigenvalue weighted by atomic mass is 10.2. The van der Waals surface area contributed by atoms with E-state index >= 15 is 0 Å². The maximum atomic E-state index is 4.35. The van der Waals surface area contributed by atoms with Gasteiger partial charge in [0, 0.05) is 51.4 Å². The summed E-state index contributed by atoms with van der Waals surface area (Å²) in [6.07, 6.45) is 10.9. The highest BCUT2D eigenvalue weighted by Gasteiger charge is 2.11. The lowest BCUT2D eigenvalue weighted by Crippen LogP contribution is -1.96. The first-order valence-corrected chi connectivity index (χ1v) is 29.3. The van der Waals surface area contributed by atoms with E-state index in [1.54, 1.807) is 34.4 Å². The minimum Gasteiger partial charge on any atom is -0.346 e. The van der Waals surface area contributed by atoms with Crippen LogP contribution in [0.15, 0.2) is 43.5 Å². The number of H-pyrrole nitrogens is 4. The third-order valence-electron chi connectivity index (χ3n) is 14.2. The summed E-state index contributed by atoms with van der Waals surface area (Å²) in [4.78, 5) is 81.9. The maximum absolute atomic E-state index is 4.35. The SMILES string of the molecule is Cc1nc(C)c2[nH]cnc2n1.Cc1nc(C)c2c(C)c[nH]c2n1.Cc1nc(C)c2ccn(C)c2n1.Cc1nc(C)c2cn[nH]c2n1.Cc1nc(C)c2cnn(C)c2n1.Cc1nc(C)c2n[nH]nc2n1.Cc1nc(C)c2ncn(C)c2n1.Cc1nc(C)c2nnn(C)c2n1. The van der Waals surface area contributed by atoms with E-state index in [4.69, 9.17) is 0 Å². The summed E-state index contributed by atoms with van der Waals surface area (Å²) >= 11 is 0. The molecule has 32 nitrogen and oxygen atoms in total. The zero-order chi connectivity index (χ0) is 67.1. The largest absolute Gasteiger partial charge is 0.346 e. The number of nitrogens with zero attached hydrogens (tertiary/aromatic N) is 28. The molecule has 16 heterocycles. The highest BCUT2D eigenvalue weighted by atomic mass is 15.4. The highest BCUT2D eigenvalue weighted by Crippen LogP contribution is 2.20. The summed E-state index contributed by atoms with van der Waals surface area (Å²) in [5.41, 5.74) is 19.0. The molecule has 0 radical (unpaired) electrons. The average Bonchev–Trinajstić information content (AvgIpc) is 1.81. The van der Waals surface area contributed by atoms with Crippen LogP contribution in [-0.2, 0) is 28.2 Å². The van der Waals surface area contributed by atoms with Gasteiger partial charge in [-0.3, -0.25) is 9.78 Å². The van der Waals surface area contributed by atoms with Crippen LogP contribution >= 0.6 is 0 Å². The quantitative estimate of drug-likeness (QED) is 0.111. The van der Waals surface area contributed by atoms with Crippen molar-refractivity contribution in [2.45, 2.75) is 118 Å². The van der Waals surface area contributed by atoms with Crippen LogP contribution < -0.4 is 0 Å². The zero-order valence-corrected chi connectivity index (χ0v) is 56.1. The van der Waals surface area contributed by atoms with Crippen LogP contribution in [0, 0.1) is 118 Å². The Morgan fingerprint density at radius 1 is 0.387 bits per heavy atom. The molecule has 0 atom stereocenters. The monoisotopic (exact) mass is 1250 g/mol. The molecule has 16 rings (SSSR count). The number of imidazole rings is 2. The summed E-state index contributed by atoms with van der Waals surface area (Å²) in [5.74, 6) is 6.27. The van der Waals surface area contributed by atoms with Crippen molar-refractivity contribution in [1.29, 1.82) is 0 Å². The Hall–Kier alpha value is -11.6. The van der Waals surface area contributed by atoms with E-state index in [0.717, 1.165) is 175 Å². The molecule has 0 aliphatic heterocycles. The van der Waals surface area contributed by atoms with Crippen LogP contribution in [0.5, 0.6) is 0 Å². The molecule has 0 bridgehead atoms. The number of aromatic nitrogens is 32. The van der Waals surface area contributed by atoms with Crippen LogP contribution in [0.1, 0.15) is 97.7 Å². The Morgan fingerprint density at radius 3 is 1.59 bits per heavy atom. The summed E-state index contributed by atoms with van der Waals surface area (Å²) in [6.45, 7) is 32.7. The Labute approximate surface area is 533 Å². The smallest absolute Gasteiger partial charge is 0.205 e. The Bertz CT molecular complexity index is 4760. The third-order valence-corrected chi connectivity index (χ3v) is 14.2. The van der Waals surface area contributed by atoms with Crippen LogP contribution in [-0.4, -0.2) is 159 Å². The van der Waals surface area contributed by atoms with E-state index in [1.165, 1.54) is 5.56 Å². The van der Waals surface area contributed by atoms with E-state index < -0.39 is 0 Å². The maximum Gasteiger partial charge on any atom is 0.205 e. The summed E-state index contributed by atoms with van der Waals surface area (Å²) in [7, 11) is 7.63. The normalized spacial score (nSPS) is 10.8. The van der Waals surface area contributed by atoms with Crippen LogP contribution in [0.4, 0.5) is 0 Å². The van der Waals surface area contributed by atoms with E-state index in [0.29, 0.717) is 5.65 Å². The first kappa shape index (κ1) is 65.8. The van der Waals surface area contributed by atoms with Crippen molar-refractivity contribution in [2.24, 2.45) is 28.2 Å². The second kappa shape index (κ2) is 28.1. The average molecular weight is 1260 g/mol. The number of aromatic amines is 4. The number of rotatable bonds is 0. The lowest BCUT2D eigenvalue weighted by Gasteiger charge is -1.99. The van der Waals surface area contributed by atoms with Crippen molar-refractivity contribution in [3.63, 3.8) is 0 Å². The van der Waals surface area contributed by atoms with Gasteiger partial charge in [0.05, 0.1) is 81.4 Å². The highest BCUT2D eigenvalue weighted by molar-refractivity contribution is 5.82. The van der Waals surface area contributed by atoms with Crippen molar-refractivity contribution < 1.29 is 0 Å². The molecule has 0 aliphatic carbocycles. The number of aryl methyl sites for hydroxylation is 21. The summed E-state index contributed by atoms with van der Waals surface area (Å²) < 4.78 is 7.32. The van der Waals surface area contributed by atoms with Gasteiger partial charge in [-0.05, 0) is 129 Å². The van der Waals surface area contributed by atoms with Gasteiger partial charge < -0.3 is 19.1 Å². The Balaban J connectivity index is 0.000000125. The van der Waals surface area contributed by atoms with Gasteiger partial charge in [0.15, 0.2) is 39.3 Å². The Morgan fingerprint density at radius 2 is 0.914 bits per heavy atom. The van der Waals surface area contributed by atoms with Gasteiger partial charge in [0.1, 0.15) is 68.9 Å². The van der Waals surface area contributed by atoms with Crippen molar-refractivity contribution in [1.82, 2.24) is 159 Å². The minimum absolute atomic E-state index is 0.634. The summed E-state index contributed by atoms with van der Waals surface area (Å²) in [5, 5.41) is 33.2. The topological polar surface area (TPSA) is 392 Å². The fraction of sp³-hybridized carbons (Fsp3) is 0.344. The molecule has 478 valence electrons. The molecule has 32 heteroatoms. The Kier molecular flexibility index (Phi) is 19.9. The first-order chi connectivity index (χ1) is 44.2. The molecule has 0 saturated carbocycles. The van der Waals surface area contributed by atoms with Crippen LogP contribution in [0.3, 0.4) is 0 Å². The van der Waals surface area contributed by atoms with Gasteiger partial charge in [-0.2, -0.15) is 20.5 Å². The number of hydrogen-bond donors (Lipinski definition) is 4. The van der Waals surface area contributed by atoms with E-state index in [9.17, 15) is 0 Å². The molecular formula is C61H74N32. The predicted molar refractivity (Wildman–Crippen MR) is 352 cm³/mol. The number of fused-ring (bicyclic) bond motifs is 8. The lowest BCUT2D eigenvalue weighted by molar-refractivity contribution is 0.728. The van der Waals surface area contributed by atoms with Gasteiger partial charge in [-0.25, -0.2) is 94.4 Å². The molecule has 16 aromatic heterocycles. The second-order valence-electron chi connectivity index (χ2n) is 21.9. The number of hydrogen-bond acceptors (Lipinski definition) is 24. The van der Waals surface area contributed by atoms with Gasteiger partial charge in [0.2, 0.25) is 5.65 Å². The molecule has 4 N–H and O–H groups in total. The zero-order valence-electron chi connectivity index (χ0n) is 56.1. The van der Waals surface area contributed by atoms with Gasteiger partial charge in [-0.1, -0.05) is 5.21 Å². The standard InChI is InChI=1S/2C9H11N3.2C8H10N4.C7H9N5.2C7H8N4.C6H7N5/c1-6-8-4-5-12(3)9(8)11-7(2)10-6;1-5-4-10-9-8(5)6(2)11-7(3)12-9;1-5-7-8(11-6(2)10-5)12(3)4-9-7;1-5-7-4-9-12(3)8(7)11-6(2)10-5;1-4-6-7(9-5(2)8-4)12(3)11-10-6;1-4-6-7(9-3-8-6)11-5(2)10-4;1-4-6-3-8-11-7(6)10-5(2)9-4;1-3-5-6(10-11-9-5)8-4(2)7-3/h4-5H,1-3H3;4H,1-3H3,(H,10,11,12);2*4H,1-3H3;1-3H3;2*3H,1-2H3,(H,8,9,10,11);1-2H3,(H,7,8,9,10,11). The molecule has 16 aromatic rings. The number of nitrogens with one attached hydrogen (secondary N) is 4. The molecule has 93 heavy (non-hydrogen) atoms. The fourth-order valence-corrected chi connectivity index (χ4v) is 9.99. The van der Waals surface area contributed by atoms with Gasteiger partial charge >= 0.3 is 0 Å². The molecule has 0 fully saturated rings. The minimum atomic E-state index is 0.634. The summed E-state index contributed by atoms with van der Waals surface area (Å²) in [6, 6.07) is 2.05. The van der Waals surface area contributed by atoms with Gasteiger partial charge in [-0.15, -0.1) is 10.2 Å². The molecule has 0 amide bonds. The first-order valence-electron chi connectivity index (χ1n) is 29.3. The van der Waals surface area contributed by atoms with E-state index in [2.05, 4.69) is 148 Å². The molecular weight excluding hydrogens is 1180 g/mol. The van der Waals surface area contributed by atoms with Crippen molar-refractivity contribution >= 4 is 88.8 Å². The van der Waals surface area contributed by atoms with E-state index in [1.807, 2.05) is 167 Å². The van der Waals surface area contributed by atoms with Crippen molar-refractivity contribution in [3.05, 3.63) is 141 Å². The van der Waals surface area contributed by atoms with Crippen LogP contribution in [0.25, 0.3) is 88.8 Å². The molecule has 0 saturated heterocycles. The molecule has 0 unspecified atom stereocenters.